The number of esters is 1. The van der Waals surface area contributed by atoms with Gasteiger partial charge in [-0.3, -0.25) is 9.59 Å². The van der Waals surface area contributed by atoms with Crippen LogP contribution in [0, 0.1) is 0 Å². The molecule has 0 unspecified atom stereocenters. The zero-order chi connectivity index (χ0) is 11.1. The second kappa shape index (κ2) is 6.67. The fraction of sp³-hybridized carbons (Fsp3) is 0.636. The molecule has 0 aliphatic heterocycles. The predicted octanol–water partition coefficient (Wildman–Crippen LogP) is 2.31. The van der Waals surface area contributed by atoms with Crippen LogP contribution in [0.25, 0.3) is 0 Å². The van der Waals surface area contributed by atoms with E-state index in [4.69, 9.17) is 4.74 Å². The minimum Gasteiger partial charge on any atom is -0.466 e. The largest absolute Gasteiger partial charge is 0.466 e. The van der Waals surface area contributed by atoms with Gasteiger partial charge in [0.25, 0.3) is 0 Å². The minimum absolute atomic E-state index is 0.148. The Morgan fingerprint density at radius 3 is 3.00 bits per heavy atom. The lowest BCUT2D eigenvalue weighted by Crippen LogP contribution is -2.04. The number of hydrogen-bond donors (Lipinski definition) is 0. The van der Waals surface area contributed by atoms with E-state index in [9.17, 15) is 9.59 Å². The van der Waals surface area contributed by atoms with Gasteiger partial charge in [0.15, 0.2) is 5.78 Å². The number of ether oxygens (including phenoxy) is 1. The first kappa shape index (κ1) is 12.3. The molecular formula is C11H16O3S. The lowest BCUT2D eigenvalue weighted by Gasteiger charge is -2.02. The molecule has 0 heterocycles. The molecular weight excluding hydrogens is 212 g/mol. The molecule has 4 heteroatoms. The monoisotopic (exact) mass is 228 g/mol. The van der Waals surface area contributed by atoms with Crippen LogP contribution >= 0.6 is 11.8 Å². The van der Waals surface area contributed by atoms with E-state index in [1.54, 1.807) is 18.7 Å². The van der Waals surface area contributed by atoms with Crippen molar-refractivity contribution in [3.05, 3.63) is 11.0 Å². The summed E-state index contributed by atoms with van der Waals surface area (Å²) in [6.45, 7) is 2.24. The molecule has 0 aromatic heterocycles. The van der Waals surface area contributed by atoms with Crippen LogP contribution in [0.15, 0.2) is 11.0 Å². The van der Waals surface area contributed by atoms with Gasteiger partial charge >= 0.3 is 5.97 Å². The van der Waals surface area contributed by atoms with Gasteiger partial charge in [-0.2, -0.15) is 0 Å². The lowest BCUT2D eigenvalue weighted by atomic mass is 10.3. The normalized spacial score (nSPS) is 15.3. The number of ketones is 1. The van der Waals surface area contributed by atoms with Crippen LogP contribution in [0.4, 0.5) is 0 Å². The Balaban J connectivity index is 2.06. The minimum atomic E-state index is -0.148. The summed E-state index contributed by atoms with van der Waals surface area (Å²) in [4.78, 5) is 23.1. The van der Waals surface area contributed by atoms with Crippen molar-refractivity contribution in [2.24, 2.45) is 0 Å². The summed E-state index contributed by atoms with van der Waals surface area (Å²) >= 11 is 1.56. The smallest absolute Gasteiger partial charge is 0.305 e. The van der Waals surface area contributed by atoms with Crippen LogP contribution in [0.3, 0.4) is 0 Å². The van der Waals surface area contributed by atoms with E-state index in [1.165, 1.54) is 0 Å². The quantitative estimate of drug-likeness (QED) is 0.517. The Morgan fingerprint density at radius 1 is 1.60 bits per heavy atom. The summed E-state index contributed by atoms with van der Waals surface area (Å²) in [6.07, 6.45) is 4.73. The van der Waals surface area contributed by atoms with Gasteiger partial charge in [-0.1, -0.05) is 6.08 Å². The third kappa shape index (κ3) is 4.51. The number of carbonyl (C=O) groups excluding carboxylic acids is 2. The summed E-state index contributed by atoms with van der Waals surface area (Å²) in [5.41, 5.74) is 0. The van der Waals surface area contributed by atoms with Gasteiger partial charge in [-0.15, -0.1) is 11.8 Å². The molecule has 0 saturated heterocycles. The molecule has 0 N–H and O–H groups in total. The zero-order valence-corrected chi connectivity index (χ0v) is 9.77. The van der Waals surface area contributed by atoms with E-state index in [2.05, 4.69) is 0 Å². The number of hydrogen-bond acceptors (Lipinski definition) is 4. The molecule has 0 radical (unpaired) electrons. The molecule has 0 atom stereocenters. The van der Waals surface area contributed by atoms with Crippen molar-refractivity contribution in [1.82, 2.24) is 0 Å². The molecule has 0 fully saturated rings. The third-order valence-corrected chi connectivity index (χ3v) is 3.26. The summed E-state index contributed by atoms with van der Waals surface area (Å²) in [5, 5.41) is 0. The molecule has 0 amide bonds. The van der Waals surface area contributed by atoms with E-state index in [0.717, 1.165) is 23.5 Å². The maximum Gasteiger partial charge on any atom is 0.305 e. The van der Waals surface area contributed by atoms with Crippen molar-refractivity contribution in [3.63, 3.8) is 0 Å². The van der Waals surface area contributed by atoms with Gasteiger partial charge in [0, 0.05) is 17.7 Å². The maximum absolute atomic E-state index is 11.2. The second-order valence-electron chi connectivity index (χ2n) is 3.29. The molecule has 0 aromatic rings. The fourth-order valence-electron chi connectivity index (χ4n) is 1.34. The van der Waals surface area contributed by atoms with Gasteiger partial charge in [0.05, 0.1) is 6.61 Å². The molecule has 0 bridgehead atoms. The lowest BCUT2D eigenvalue weighted by molar-refractivity contribution is -0.143. The predicted molar refractivity (Wildman–Crippen MR) is 60.6 cm³/mol. The number of rotatable bonds is 6. The average molecular weight is 228 g/mol. The van der Waals surface area contributed by atoms with E-state index < -0.39 is 0 Å². The molecule has 1 aliphatic rings. The number of allylic oxidation sites excluding steroid dienone is 2. The molecule has 84 valence electrons. The number of Topliss-reactive ketones (excluding diaryl/α,β-unsaturated/α-hetero) is 1. The first-order valence-corrected chi connectivity index (χ1v) is 6.24. The van der Waals surface area contributed by atoms with Crippen molar-refractivity contribution < 1.29 is 14.3 Å². The Kier molecular flexibility index (Phi) is 5.47. The molecule has 3 nitrogen and oxygen atoms in total. The topological polar surface area (TPSA) is 43.4 Å². The second-order valence-corrected chi connectivity index (χ2v) is 4.42. The van der Waals surface area contributed by atoms with Gasteiger partial charge in [-0.05, 0) is 25.5 Å². The van der Waals surface area contributed by atoms with E-state index in [0.29, 0.717) is 19.4 Å². The fourth-order valence-corrected chi connectivity index (χ4v) is 2.35. The van der Waals surface area contributed by atoms with Gasteiger partial charge < -0.3 is 4.74 Å². The van der Waals surface area contributed by atoms with Crippen molar-refractivity contribution in [2.75, 3.05) is 12.4 Å². The Hall–Kier alpha value is -0.770. The van der Waals surface area contributed by atoms with Gasteiger partial charge in [-0.25, -0.2) is 0 Å². The standard InChI is InChI=1S/C11H16O3S/c1-2-14-11(13)7-4-8-15-10-6-3-5-9(10)12/h6H,2-5,7-8H2,1H3. The van der Waals surface area contributed by atoms with Gasteiger partial charge in [0.2, 0.25) is 0 Å². The van der Waals surface area contributed by atoms with Gasteiger partial charge in [0.1, 0.15) is 0 Å². The zero-order valence-electron chi connectivity index (χ0n) is 8.95. The number of thioether (sulfide) groups is 1. The molecule has 1 aliphatic carbocycles. The van der Waals surface area contributed by atoms with Crippen molar-refractivity contribution in [2.45, 2.75) is 32.6 Å². The molecule has 15 heavy (non-hydrogen) atoms. The molecule has 1 rings (SSSR count). The molecule has 0 aromatic carbocycles. The molecule has 0 saturated carbocycles. The SMILES string of the molecule is CCOC(=O)CCCSC1=CCCC1=O. The van der Waals surface area contributed by atoms with Crippen LogP contribution in [0.1, 0.15) is 32.6 Å². The van der Waals surface area contributed by atoms with Crippen LogP contribution in [0.2, 0.25) is 0 Å². The van der Waals surface area contributed by atoms with Crippen molar-refractivity contribution >= 4 is 23.5 Å². The van der Waals surface area contributed by atoms with Crippen LogP contribution in [-0.2, 0) is 14.3 Å². The van der Waals surface area contributed by atoms with Crippen molar-refractivity contribution in [1.29, 1.82) is 0 Å². The highest BCUT2D eigenvalue weighted by Gasteiger charge is 2.14. The Morgan fingerprint density at radius 2 is 2.40 bits per heavy atom. The summed E-state index contributed by atoms with van der Waals surface area (Å²) < 4.78 is 4.81. The maximum atomic E-state index is 11.2. The summed E-state index contributed by atoms with van der Waals surface area (Å²) in [5.74, 6) is 0.914. The van der Waals surface area contributed by atoms with E-state index in [1.807, 2.05) is 6.08 Å². The van der Waals surface area contributed by atoms with E-state index in [-0.39, 0.29) is 11.8 Å². The Bertz CT molecular complexity index is 271. The van der Waals surface area contributed by atoms with E-state index >= 15 is 0 Å². The average Bonchev–Trinajstić information content (AvgIpc) is 2.60. The highest BCUT2D eigenvalue weighted by Crippen LogP contribution is 2.25. The third-order valence-electron chi connectivity index (χ3n) is 2.06. The molecule has 0 spiro atoms. The Labute approximate surface area is 94.3 Å². The summed E-state index contributed by atoms with van der Waals surface area (Å²) in [7, 11) is 0. The first-order chi connectivity index (χ1) is 7.24. The highest BCUT2D eigenvalue weighted by molar-refractivity contribution is 8.04. The number of carbonyl (C=O) groups is 2. The van der Waals surface area contributed by atoms with Crippen LogP contribution in [-0.4, -0.2) is 24.1 Å². The highest BCUT2D eigenvalue weighted by atomic mass is 32.2. The van der Waals surface area contributed by atoms with Crippen LogP contribution < -0.4 is 0 Å². The van der Waals surface area contributed by atoms with Crippen molar-refractivity contribution in [3.8, 4) is 0 Å². The summed E-state index contributed by atoms with van der Waals surface area (Å²) in [6, 6.07) is 0. The first-order valence-electron chi connectivity index (χ1n) is 5.25. The van der Waals surface area contributed by atoms with Crippen LogP contribution in [0.5, 0.6) is 0 Å².